The predicted molar refractivity (Wildman–Crippen MR) is 95.0 cm³/mol. The van der Waals surface area contributed by atoms with Crippen LogP contribution in [0.5, 0.6) is 0 Å². The van der Waals surface area contributed by atoms with Crippen LogP contribution in [0.2, 0.25) is 0 Å². The van der Waals surface area contributed by atoms with Gasteiger partial charge in [-0.05, 0) is 24.3 Å². The second-order valence-electron chi connectivity index (χ2n) is 5.55. The molecule has 0 aromatic carbocycles. The molecular formula is C16H17N3O4S2. The Balaban J connectivity index is 1.52. The Labute approximate surface area is 152 Å². The Bertz CT molecular complexity index is 764. The maximum absolute atomic E-state index is 12.4. The van der Waals surface area contributed by atoms with Gasteiger partial charge in [-0.2, -0.15) is 0 Å². The lowest BCUT2D eigenvalue weighted by atomic mass is 9.96. The van der Waals surface area contributed by atoms with Crippen molar-refractivity contribution in [2.24, 2.45) is 5.92 Å². The molecule has 0 spiro atoms. The molecule has 0 unspecified atom stereocenters. The van der Waals surface area contributed by atoms with Crippen LogP contribution in [-0.2, 0) is 9.53 Å². The van der Waals surface area contributed by atoms with Crippen molar-refractivity contribution in [3.05, 3.63) is 33.5 Å². The summed E-state index contributed by atoms with van der Waals surface area (Å²) in [6.45, 7) is 1.11. The SMILES string of the molecule is COC(=O)c1cnc(NC(=O)C2CCN(C(=O)c3cccs3)CC2)s1. The molecule has 9 heteroatoms. The zero-order valence-electron chi connectivity index (χ0n) is 13.6. The van der Waals surface area contributed by atoms with E-state index in [4.69, 9.17) is 0 Å². The number of aromatic nitrogens is 1. The van der Waals surface area contributed by atoms with Crippen molar-refractivity contribution >= 4 is 45.6 Å². The fraction of sp³-hybridized carbons (Fsp3) is 0.375. The number of thiophene rings is 1. The smallest absolute Gasteiger partial charge is 0.349 e. The van der Waals surface area contributed by atoms with Crippen LogP contribution >= 0.6 is 22.7 Å². The van der Waals surface area contributed by atoms with Crippen LogP contribution in [-0.4, -0.2) is 47.9 Å². The molecule has 1 aliphatic heterocycles. The number of piperidine rings is 1. The number of nitrogens with zero attached hydrogens (tertiary/aromatic N) is 2. The molecule has 2 aromatic heterocycles. The first kappa shape index (κ1) is 17.6. The van der Waals surface area contributed by atoms with Crippen molar-refractivity contribution in [1.82, 2.24) is 9.88 Å². The second kappa shape index (κ2) is 7.75. The minimum Gasteiger partial charge on any atom is -0.465 e. The highest BCUT2D eigenvalue weighted by atomic mass is 32.1. The number of hydrogen-bond donors (Lipinski definition) is 1. The Morgan fingerprint density at radius 1 is 1.28 bits per heavy atom. The van der Waals surface area contributed by atoms with Crippen molar-refractivity contribution < 1.29 is 19.1 Å². The van der Waals surface area contributed by atoms with Gasteiger partial charge in [-0.25, -0.2) is 9.78 Å². The molecule has 1 fully saturated rings. The van der Waals surface area contributed by atoms with Gasteiger partial charge in [-0.15, -0.1) is 11.3 Å². The molecule has 0 aliphatic carbocycles. The molecule has 1 saturated heterocycles. The lowest BCUT2D eigenvalue weighted by Gasteiger charge is -2.30. The Morgan fingerprint density at radius 2 is 2.04 bits per heavy atom. The summed E-state index contributed by atoms with van der Waals surface area (Å²) in [4.78, 5) is 42.9. The quantitative estimate of drug-likeness (QED) is 0.825. The first-order valence-electron chi connectivity index (χ1n) is 7.76. The minimum absolute atomic E-state index is 0.0245. The molecule has 2 amide bonds. The highest BCUT2D eigenvalue weighted by Gasteiger charge is 2.28. The molecule has 0 bridgehead atoms. The lowest BCUT2D eigenvalue weighted by molar-refractivity contribution is -0.121. The molecule has 132 valence electrons. The van der Waals surface area contributed by atoms with Gasteiger partial charge in [-0.3, -0.25) is 9.59 Å². The largest absolute Gasteiger partial charge is 0.465 e. The monoisotopic (exact) mass is 379 g/mol. The zero-order chi connectivity index (χ0) is 17.8. The molecule has 2 aromatic rings. The van der Waals surface area contributed by atoms with Crippen LogP contribution in [0.15, 0.2) is 23.7 Å². The maximum Gasteiger partial charge on any atom is 0.349 e. The fourth-order valence-electron chi connectivity index (χ4n) is 2.64. The second-order valence-corrected chi connectivity index (χ2v) is 7.53. The van der Waals surface area contributed by atoms with E-state index in [1.54, 1.807) is 4.90 Å². The summed E-state index contributed by atoms with van der Waals surface area (Å²) in [5.74, 6) is -0.748. The number of carbonyl (C=O) groups excluding carboxylic acids is 3. The summed E-state index contributed by atoms with van der Waals surface area (Å²) < 4.78 is 4.62. The summed E-state index contributed by atoms with van der Waals surface area (Å²) in [5, 5.41) is 5.00. The van der Waals surface area contributed by atoms with Gasteiger partial charge >= 0.3 is 5.97 Å². The first-order valence-corrected chi connectivity index (χ1v) is 9.46. The van der Waals surface area contributed by atoms with Gasteiger partial charge < -0.3 is 15.0 Å². The standard InChI is InChI=1S/C16H17N3O4S2/c1-23-15(22)12-9-17-16(25-12)18-13(20)10-4-6-19(7-5-10)14(21)11-3-2-8-24-11/h2-3,8-10H,4-7H2,1H3,(H,17,18,20). The van der Waals surface area contributed by atoms with Crippen molar-refractivity contribution in [2.75, 3.05) is 25.5 Å². The van der Waals surface area contributed by atoms with Gasteiger partial charge in [0.2, 0.25) is 5.91 Å². The van der Waals surface area contributed by atoms with Crippen LogP contribution in [0, 0.1) is 5.92 Å². The number of likely N-dealkylation sites (tertiary alicyclic amines) is 1. The highest BCUT2D eigenvalue weighted by Crippen LogP contribution is 2.24. The number of hydrogen-bond acceptors (Lipinski definition) is 7. The number of amides is 2. The Morgan fingerprint density at radius 3 is 2.68 bits per heavy atom. The van der Waals surface area contributed by atoms with Crippen molar-refractivity contribution in [1.29, 1.82) is 0 Å². The van der Waals surface area contributed by atoms with Gasteiger partial charge in [0.15, 0.2) is 5.13 Å². The number of rotatable bonds is 4. The van der Waals surface area contributed by atoms with E-state index in [0.717, 1.165) is 16.2 Å². The van der Waals surface area contributed by atoms with Crippen molar-refractivity contribution in [2.45, 2.75) is 12.8 Å². The van der Waals surface area contributed by atoms with Crippen LogP contribution in [0.25, 0.3) is 0 Å². The number of nitrogens with one attached hydrogen (secondary N) is 1. The van der Waals surface area contributed by atoms with Crippen molar-refractivity contribution in [3.8, 4) is 0 Å². The molecule has 3 rings (SSSR count). The van der Waals surface area contributed by atoms with Crippen molar-refractivity contribution in [3.63, 3.8) is 0 Å². The van der Waals surface area contributed by atoms with Gasteiger partial charge in [-0.1, -0.05) is 17.4 Å². The van der Waals surface area contributed by atoms with Crippen LogP contribution in [0.1, 0.15) is 32.2 Å². The molecule has 3 heterocycles. The maximum atomic E-state index is 12.4. The number of thiazole rings is 1. The average Bonchev–Trinajstić information content (AvgIpc) is 3.32. The summed E-state index contributed by atoms with van der Waals surface area (Å²) in [6, 6.07) is 3.67. The molecule has 0 radical (unpaired) electrons. The molecule has 0 atom stereocenters. The van der Waals surface area contributed by atoms with Crippen LogP contribution in [0.3, 0.4) is 0 Å². The van der Waals surface area contributed by atoms with Gasteiger partial charge in [0.25, 0.3) is 5.91 Å². The third-order valence-corrected chi connectivity index (χ3v) is 5.76. The number of anilines is 1. The molecule has 1 aliphatic rings. The van der Waals surface area contributed by atoms with E-state index in [-0.39, 0.29) is 17.7 Å². The third kappa shape index (κ3) is 4.05. The third-order valence-electron chi connectivity index (χ3n) is 4.01. The Hall–Kier alpha value is -2.26. The van der Waals surface area contributed by atoms with E-state index >= 15 is 0 Å². The number of ether oxygens (including phenoxy) is 1. The molecule has 7 nitrogen and oxygen atoms in total. The summed E-state index contributed by atoms with van der Waals surface area (Å²) in [6.07, 6.45) is 2.60. The number of esters is 1. The molecule has 0 saturated carbocycles. The highest BCUT2D eigenvalue weighted by molar-refractivity contribution is 7.17. The summed E-state index contributed by atoms with van der Waals surface area (Å²) in [5.41, 5.74) is 0. The Kier molecular flexibility index (Phi) is 5.44. The average molecular weight is 379 g/mol. The lowest BCUT2D eigenvalue weighted by Crippen LogP contribution is -2.41. The van der Waals surface area contributed by atoms with Gasteiger partial charge in [0.05, 0.1) is 18.2 Å². The summed E-state index contributed by atoms with van der Waals surface area (Å²) >= 11 is 2.51. The van der Waals surface area contributed by atoms with E-state index in [2.05, 4.69) is 15.0 Å². The van der Waals surface area contributed by atoms with Crippen LogP contribution < -0.4 is 5.32 Å². The van der Waals surface area contributed by atoms with E-state index in [9.17, 15) is 14.4 Å². The molecule has 25 heavy (non-hydrogen) atoms. The van der Waals surface area contributed by atoms with E-state index in [0.29, 0.717) is 35.9 Å². The van der Waals surface area contributed by atoms with E-state index in [1.807, 2.05) is 17.5 Å². The van der Waals surface area contributed by atoms with E-state index < -0.39 is 5.97 Å². The zero-order valence-corrected chi connectivity index (χ0v) is 15.2. The summed E-state index contributed by atoms with van der Waals surface area (Å²) in [7, 11) is 1.30. The van der Waals surface area contributed by atoms with E-state index in [1.165, 1.54) is 24.6 Å². The fourth-order valence-corrected chi connectivity index (χ4v) is 4.06. The first-order chi connectivity index (χ1) is 12.1. The normalized spacial score (nSPS) is 15.0. The topological polar surface area (TPSA) is 88.6 Å². The van der Waals surface area contributed by atoms with Gasteiger partial charge in [0.1, 0.15) is 4.88 Å². The van der Waals surface area contributed by atoms with Gasteiger partial charge in [0, 0.05) is 19.0 Å². The number of methoxy groups -OCH3 is 1. The van der Waals surface area contributed by atoms with Crippen LogP contribution in [0.4, 0.5) is 5.13 Å². The number of carbonyl (C=O) groups is 3. The molecule has 1 N–H and O–H groups in total. The molecular weight excluding hydrogens is 362 g/mol. The predicted octanol–water partition coefficient (Wildman–Crippen LogP) is 2.48. The minimum atomic E-state index is -0.474.